The van der Waals surface area contributed by atoms with Crippen LogP contribution < -0.4 is 11.3 Å². The molecule has 0 unspecified atom stereocenters. The van der Waals surface area contributed by atoms with Crippen LogP contribution in [0.15, 0.2) is 17.2 Å². The number of rotatable bonds is 6. The van der Waals surface area contributed by atoms with Gasteiger partial charge in [-0.05, 0) is 27.2 Å². The highest BCUT2D eigenvalue weighted by Gasteiger charge is 2.18. The first-order valence-corrected chi connectivity index (χ1v) is 9.53. The van der Waals surface area contributed by atoms with E-state index in [2.05, 4.69) is 20.3 Å². The van der Waals surface area contributed by atoms with E-state index in [1.54, 1.807) is 20.8 Å². The van der Waals surface area contributed by atoms with Gasteiger partial charge in [-0.3, -0.25) is 19.8 Å². The van der Waals surface area contributed by atoms with Gasteiger partial charge < -0.3 is 15.2 Å². The molecule has 0 aliphatic heterocycles. The molecule has 162 valence electrons. The van der Waals surface area contributed by atoms with Crippen LogP contribution in [-0.2, 0) is 27.1 Å². The number of aromatic nitrogens is 5. The summed E-state index contributed by atoms with van der Waals surface area (Å²) in [7, 11) is 0. The van der Waals surface area contributed by atoms with Crippen molar-refractivity contribution in [2.24, 2.45) is 0 Å². The Labute approximate surface area is 172 Å². The zero-order chi connectivity index (χ0) is 22.3. The molecule has 0 bridgehead atoms. The number of nitrogens with one attached hydrogen (secondary N) is 2. The summed E-state index contributed by atoms with van der Waals surface area (Å²) in [6.07, 6.45) is 3.75. The minimum absolute atomic E-state index is 0.171. The monoisotopic (exact) mass is 418 g/mol. The Bertz CT molecular complexity index is 1080. The summed E-state index contributed by atoms with van der Waals surface area (Å²) in [5.74, 6) is -0.347. The second-order valence-corrected chi connectivity index (χ2v) is 6.19. The van der Waals surface area contributed by atoms with E-state index in [4.69, 9.17) is 15.2 Å². The number of ether oxygens (including phenoxy) is 2. The predicted octanol–water partition coefficient (Wildman–Crippen LogP) is 1.17. The van der Waals surface area contributed by atoms with Gasteiger partial charge in [0, 0.05) is 23.0 Å². The van der Waals surface area contributed by atoms with Crippen LogP contribution in [0.25, 0.3) is 5.65 Å². The number of nitrogens with zero attached hydrogens (tertiary/aromatic N) is 3. The molecule has 0 saturated heterocycles. The number of fused-ring (bicyclic) bond motifs is 1. The quantitative estimate of drug-likeness (QED) is 0.503. The van der Waals surface area contributed by atoms with Gasteiger partial charge in [-0.1, -0.05) is 6.92 Å². The van der Waals surface area contributed by atoms with E-state index in [9.17, 15) is 14.4 Å². The molecule has 0 aliphatic carbocycles. The molecule has 0 saturated carbocycles. The fourth-order valence-corrected chi connectivity index (χ4v) is 2.75. The summed E-state index contributed by atoms with van der Waals surface area (Å²) in [6, 6.07) is 0. The van der Waals surface area contributed by atoms with E-state index in [1.807, 2.05) is 6.92 Å². The summed E-state index contributed by atoms with van der Waals surface area (Å²) in [5, 5.41) is 8.95. The highest BCUT2D eigenvalue weighted by molar-refractivity contribution is 5.95. The lowest BCUT2D eigenvalue weighted by Crippen LogP contribution is -2.21. The van der Waals surface area contributed by atoms with Crippen molar-refractivity contribution in [3.8, 4) is 0 Å². The molecule has 0 atom stereocenters. The van der Waals surface area contributed by atoms with Crippen LogP contribution >= 0.6 is 0 Å². The average Bonchev–Trinajstić information content (AvgIpc) is 3.29. The molecule has 4 N–H and O–H groups in total. The lowest BCUT2D eigenvalue weighted by atomic mass is 10.2. The van der Waals surface area contributed by atoms with Crippen LogP contribution in [0.5, 0.6) is 0 Å². The largest absolute Gasteiger partial charge is 0.466 e. The van der Waals surface area contributed by atoms with Crippen LogP contribution in [0, 0.1) is 6.92 Å². The van der Waals surface area contributed by atoms with Crippen LogP contribution in [0.2, 0.25) is 0 Å². The molecule has 0 radical (unpaired) electrons. The van der Waals surface area contributed by atoms with Gasteiger partial charge in [0.1, 0.15) is 11.4 Å². The molecule has 11 nitrogen and oxygen atoms in total. The first-order chi connectivity index (χ1) is 14.3. The molecular formula is C19H26N6O5. The third kappa shape index (κ3) is 5.04. The third-order valence-corrected chi connectivity index (χ3v) is 4.20. The van der Waals surface area contributed by atoms with Crippen molar-refractivity contribution < 1.29 is 19.1 Å². The number of H-pyrrole nitrogens is 2. The first-order valence-electron chi connectivity index (χ1n) is 9.53. The fraction of sp³-hybridized carbons (Fsp3) is 0.421. The Hall–Kier alpha value is -3.63. The number of aryl methyl sites for hydroxylation is 1. The highest BCUT2D eigenvalue weighted by Crippen LogP contribution is 2.10. The van der Waals surface area contributed by atoms with Gasteiger partial charge >= 0.3 is 11.9 Å². The summed E-state index contributed by atoms with van der Waals surface area (Å²) in [5.41, 5.74) is 7.84. The lowest BCUT2D eigenvalue weighted by molar-refractivity contribution is -0.142. The van der Waals surface area contributed by atoms with Gasteiger partial charge in [0.2, 0.25) is 0 Å². The average molecular weight is 418 g/mol. The van der Waals surface area contributed by atoms with Crippen molar-refractivity contribution in [3.63, 3.8) is 0 Å². The minimum atomic E-state index is -0.480. The molecule has 0 aliphatic rings. The van der Waals surface area contributed by atoms with E-state index in [1.165, 1.54) is 16.9 Å². The van der Waals surface area contributed by atoms with Crippen molar-refractivity contribution in [1.82, 2.24) is 24.8 Å². The maximum Gasteiger partial charge on any atom is 0.343 e. The highest BCUT2D eigenvalue weighted by atomic mass is 16.5. The number of anilines is 1. The van der Waals surface area contributed by atoms with Crippen LogP contribution in [-0.4, -0.2) is 49.9 Å². The fourth-order valence-electron chi connectivity index (χ4n) is 2.75. The summed E-state index contributed by atoms with van der Waals surface area (Å²) >= 11 is 0. The summed E-state index contributed by atoms with van der Waals surface area (Å²) in [6.45, 7) is 7.82. The maximum absolute atomic E-state index is 12.1. The van der Waals surface area contributed by atoms with Gasteiger partial charge in [-0.15, -0.1) is 0 Å². The van der Waals surface area contributed by atoms with Gasteiger partial charge in [-0.2, -0.15) is 5.10 Å². The van der Waals surface area contributed by atoms with Crippen molar-refractivity contribution in [1.29, 1.82) is 0 Å². The molecular weight excluding hydrogens is 392 g/mol. The van der Waals surface area contributed by atoms with Gasteiger partial charge in [0.25, 0.3) is 5.56 Å². The van der Waals surface area contributed by atoms with E-state index >= 15 is 0 Å². The molecule has 0 fully saturated rings. The first kappa shape index (κ1) is 22.7. The standard InChI is InChI=1S/C12H15N3O3.C7H11N3O2/c1-4-8-7(3)14-10-9(12(17)18-5-2)6-13-15(10)11(8)16;1-2-12-6(11)3-5-4-9-10-7(5)8/h6,13H,4-5H2,1-3H3;4H,2-3H2,1H3,(H3,8,9,10). The second kappa shape index (κ2) is 10.2. The van der Waals surface area contributed by atoms with E-state index in [0.29, 0.717) is 41.3 Å². The van der Waals surface area contributed by atoms with Gasteiger partial charge in [0.15, 0.2) is 5.65 Å². The Morgan fingerprint density at radius 3 is 2.47 bits per heavy atom. The Morgan fingerprint density at radius 1 is 1.20 bits per heavy atom. The number of aromatic amines is 2. The smallest absolute Gasteiger partial charge is 0.343 e. The van der Waals surface area contributed by atoms with Crippen molar-refractivity contribution in [2.45, 2.75) is 40.5 Å². The van der Waals surface area contributed by atoms with Crippen LogP contribution in [0.3, 0.4) is 0 Å². The number of esters is 2. The van der Waals surface area contributed by atoms with Crippen LogP contribution in [0.1, 0.15) is 48.0 Å². The van der Waals surface area contributed by atoms with Crippen molar-refractivity contribution >= 4 is 23.4 Å². The van der Waals surface area contributed by atoms with Gasteiger partial charge in [0.05, 0.1) is 25.8 Å². The molecule has 3 aromatic rings. The molecule has 30 heavy (non-hydrogen) atoms. The molecule has 0 amide bonds. The van der Waals surface area contributed by atoms with Crippen molar-refractivity contribution in [3.05, 3.63) is 45.1 Å². The Balaban J connectivity index is 0.000000232. The Morgan fingerprint density at radius 2 is 1.90 bits per heavy atom. The Kier molecular flexibility index (Phi) is 7.73. The zero-order valence-corrected chi connectivity index (χ0v) is 17.4. The van der Waals surface area contributed by atoms with Gasteiger partial charge in [-0.25, -0.2) is 14.3 Å². The molecule has 11 heteroatoms. The number of hydrogen-bond donors (Lipinski definition) is 3. The molecule has 3 heterocycles. The molecule has 3 rings (SSSR count). The lowest BCUT2D eigenvalue weighted by Gasteiger charge is -2.03. The number of carbonyl (C=O) groups excluding carboxylic acids is 2. The normalized spacial score (nSPS) is 10.4. The SMILES string of the molecule is CCOC(=O)Cc1cn[nH]c1N.CCOC(=O)c1c[nH]n2c(=O)c(CC)c(C)nc12. The summed E-state index contributed by atoms with van der Waals surface area (Å²) in [4.78, 5) is 39.1. The predicted molar refractivity (Wildman–Crippen MR) is 109 cm³/mol. The molecule has 0 aromatic carbocycles. The second-order valence-electron chi connectivity index (χ2n) is 6.19. The number of nitrogens with two attached hydrogens (primary N) is 1. The van der Waals surface area contributed by atoms with E-state index in [0.717, 1.165) is 0 Å². The van der Waals surface area contributed by atoms with E-state index in [-0.39, 0.29) is 30.1 Å². The van der Waals surface area contributed by atoms with E-state index < -0.39 is 5.97 Å². The minimum Gasteiger partial charge on any atom is -0.466 e. The third-order valence-electron chi connectivity index (χ3n) is 4.20. The zero-order valence-electron chi connectivity index (χ0n) is 17.4. The molecule has 3 aromatic heterocycles. The van der Waals surface area contributed by atoms with Crippen molar-refractivity contribution in [2.75, 3.05) is 18.9 Å². The maximum atomic E-state index is 12.1. The number of nitrogen functional groups attached to an aromatic ring is 1. The number of carbonyl (C=O) groups is 2. The molecule has 0 spiro atoms. The summed E-state index contributed by atoms with van der Waals surface area (Å²) < 4.78 is 10.9. The topological polar surface area (TPSA) is 157 Å². The number of hydrogen-bond acceptors (Lipinski definition) is 8. The van der Waals surface area contributed by atoms with Crippen LogP contribution in [0.4, 0.5) is 5.82 Å².